The Labute approximate surface area is 186 Å². The van der Waals surface area contributed by atoms with Crippen LogP contribution in [0.5, 0.6) is 23.0 Å². The lowest BCUT2D eigenvalue weighted by Crippen LogP contribution is -2.25. The largest absolute Gasteiger partial charge is 0.507 e. The molecule has 0 atom stereocenters. The second kappa shape index (κ2) is 8.75. The number of aromatic hydroxyl groups is 2. The maximum absolute atomic E-state index is 13.3. The molecule has 0 bridgehead atoms. The summed E-state index contributed by atoms with van der Waals surface area (Å²) >= 11 is 0. The van der Waals surface area contributed by atoms with Crippen LogP contribution in [0, 0.1) is 0 Å². The van der Waals surface area contributed by atoms with Gasteiger partial charge in [0.05, 0.1) is 31.3 Å². The number of carbonyl (C=O) groups is 2. The summed E-state index contributed by atoms with van der Waals surface area (Å²) in [7, 11) is 3.16. The van der Waals surface area contributed by atoms with Crippen LogP contribution in [0.2, 0.25) is 0 Å². The maximum Gasteiger partial charge on any atom is 0.201 e. The van der Waals surface area contributed by atoms with Crippen LogP contribution >= 0.6 is 0 Å². The summed E-state index contributed by atoms with van der Waals surface area (Å²) in [5.74, 6) is -0.364. The lowest BCUT2D eigenvalue weighted by Gasteiger charge is -2.27. The van der Waals surface area contributed by atoms with Crippen molar-refractivity contribution >= 4 is 11.6 Å². The van der Waals surface area contributed by atoms with Gasteiger partial charge in [-0.1, -0.05) is 30.3 Å². The van der Waals surface area contributed by atoms with Crippen molar-refractivity contribution in [1.29, 1.82) is 0 Å². The van der Waals surface area contributed by atoms with E-state index in [1.165, 1.54) is 12.1 Å². The van der Waals surface area contributed by atoms with Gasteiger partial charge < -0.3 is 19.7 Å². The highest BCUT2D eigenvalue weighted by Crippen LogP contribution is 2.43. The summed E-state index contributed by atoms with van der Waals surface area (Å²) in [6.45, 7) is 0. The molecule has 0 heterocycles. The molecule has 32 heavy (non-hydrogen) atoms. The Morgan fingerprint density at radius 2 is 1.47 bits per heavy atom. The van der Waals surface area contributed by atoms with Gasteiger partial charge >= 0.3 is 0 Å². The van der Waals surface area contributed by atoms with Crippen LogP contribution in [0.15, 0.2) is 54.6 Å². The predicted octanol–water partition coefficient (Wildman–Crippen LogP) is 4.38. The number of phenols is 2. The molecule has 6 nitrogen and oxygen atoms in total. The summed E-state index contributed by atoms with van der Waals surface area (Å²) in [4.78, 5) is 26.3. The van der Waals surface area contributed by atoms with E-state index in [2.05, 4.69) is 0 Å². The molecule has 3 aromatic carbocycles. The highest BCUT2D eigenvalue weighted by Gasteiger charge is 2.37. The number of aryl methyl sites for hydroxylation is 1. The highest BCUT2D eigenvalue weighted by atomic mass is 16.5. The average molecular weight is 432 g/mol. The van der Waals surface area contributed by atoms with Gasteiger partial charge in [0.1, 0.15) is 17.3 Å². The number of phenolic OH excluding ortho intramolecular Hbond substituents is 2. The fourth-order valence-corrected chi connectivity index (χ4v) is 4.38. The van der Waals surface area contributed by atoms with Gasteiger partial charge in [0.2, 0.25) is 5.78 Å². The summed E-state index contributed by atoms with van der Waals surface area (Å²) in [5.41, 5.74) is 2.14. The molecule has 3 aromatic rings. The minimum Gasteiger partial charge on any atom is -0.507 e. The Bertz CT molecular complexity index is 1140. The Balaban J connectivity index is 1.59. The van der Waals surface area contributed by atoms with Gasteiger partial charge in [0.15, 0.2) is 11.5 Å². The van der Waals surface area contributed by atoms with Crippen molar-refractivity contribution in [2.75, 3.05) is 14.2 Å². The molecule has 2 N–H and O–H groups in total. The first-order chi connectivity index (χ1) is 15.5. The van der Waals surface area contributed by atoms with Gasteiger partial charge in [-0.05, 0) is 53.8 Å². The molecule has 0 aliphatic heterocycles. The molecule has 1 aliphatic rings. The number of ketones is 2. The van der Waals surface area contributed by atoms with Gasteiger partial charge in [0.25, 0.3) is 0 Å². The molecule has 0 radical (unpaired) electrons. The fraction of sp³-hybridized carbons (Fsp3) is 0.231. The quantitative estimate of drug-likeness (QED) is 0.575. The van der Waals surface area contributed by atoms with Gasteiger partial charge in [0, 0.05) is 6.42 Å². The topological polar surface area (TPSA) is 93.1 Å². The van der Waals surface area contributed by atoms with Crippen LogP contribution in [-0.2, 0) is 11.2 Å². The van der Waals surface area contributed by atoms with Gasteiger partial charge in [-0.15, -0.1) is 0 Å². The van der Waals surface area contributed by atoms with Crippen LogP contribution in [0.25, 0.3) is 0 Å². The Morgan fingerprint density at radius 3 is 2.03 bits per heavy atom. The number of carbonyl (C=O) groups excluding carboxylic acids is 2. The van der Waals surface area contributed by atoms with Crippen LogP contribution in [0.1, 0.15) is 51.4 Å². The van der Waals surface area contributed by atoms with E-state index >= 15 is 0 Å². The third-order valence-corrected chi connectivity index (χ3v) is 5.88. The summed E-state index contributed by atoms with van der Waals surface area (Å²) in [5, 5.41) is 20.6. The first kappa shape index (κ1) is 21.4. The van der Waals surface area contributed by atoms with E-state index < -0.39 is 11.7 Å². The van der Waals surface area contributed by atoms with Crippen LogP contribution < -0.4 is 9.47 Å². The van der Waals surface area contributed by atoms with E-state index in [9.17, 15) is 19.8 Å². The number of methoxy groups -OCH3 is 2. The van der Waals surface area contributed by atoms with Crippen molar-refractivity contribution in [2.24, 2.45) is 0 Å². The molecule has 0 unspecified atom stereocenters. The van der Waals surface area contributed by atoms with Gasteiger partial charge in [-0.25, -0.2) is 0 Å². The highest BCUT2D eigenvalue weighted by molar-refractivity contribution is 6.18. The molecule has 0 amide bonds. The first-order valence-corrected chi connectivity index (χ1v) is 10.4. The number of fused-ring (bicyclic) bond motifs is 2. The second-order valence-corrected chi connectivity index (χ2v) is 7.75. The molecular formula is C26H24O6. The summed E-state index contributed by atoms with van der Waals surface area (Å²) < 4.78 is 10.6. The number of rotatable bonds is 7. The zero-order valence-corrected chi connectivity index (χ0v) is 17.9. The number of hydrogen-bond acceptors (Lipinski definition) is 6. The Kier molecular flexibility index (Phi) is 5.86. The number of benzene rings is 3. The average Bonchev–Trinajstić information content (AvgIpc) is 2.79. The normalized spacial score (nSPS) is 12.8. The predicted molar refractivity (Wildman–Crippen MR) is 119 cm³/mol. The number of hydrogen-bond donors (Lipinski definition) is 2. The van der Waals surface area contributed by atoms with Crippen molar-refractivity contribution in [3.8, 4) is 23.0 Å². The van der Waals surface area contributed by atoms with Crippen LogP contribution in [0.3, 0.4) is 0 Å². The SMILES string of the molecule is COc1ccc(CCCC(=O)C2c3cccc(O)c3C(=O)c3c(O)cccc32)cc1OC. The van der Waals surface area contributed by atoms with Crippen LogP contribution in [0.4, 0.5) is 0 Å². The smallest absolute Gasteiger partial charge is 0.201 e. The standard InChI is InChI=1S/C26H24O6/c1-31-21-13-12-15(14-22(21)32-2)6-3-9-18(27)23-16-7-4-10-19(28)24(16)26(30)25-17(23)8-5-11-20(25)29/h4-5,7-8,10-14,23,28-29H,3,6,9H2,1-2H3. The molecule has 0 aromatic heterocycles. The summed E-state index contributed by atoms with van der Waals surface area (Å²) in [6.07, 6.45) is 1.54. The van der Waals surface area contributed by atoms with E-state index in [4.69, 9.17) is 9.47 Å². The molecule has 0 saturated heterocycles. The molecule has 0 fully saturated rings. The Hall–Kier alpha value is -3.80. The molecule has 0 saturated carbocycles. The van der Waals surface area contributed by atoms with Crippen molar-refractivity contribution in [1.82, 2.24) is 0 Å². The fourth-order valence-electron chi connectivity index (χ4n) is 4.38. The maximum atomic E-state index is 13.3. The molecule has 0 spiro atoms. The van der Waals surface area contributed by atoms with Crippen molar-refractivity contribution in [3.63, 3.8) is 0 Å². The van der Waals surface area contributed by atoms with Crippen molar-refractivity contribution in [3.05, 3.63) is 82.4 Å². The first-order valence-electron chi connectivity index (χ1n) is 10.4. The molecule has 1 aliphatic carbocycles. The lowest BCUT2D eigenvalue weighted by molar-refractivity contribution is -0.119. The molecular weight excluding hydrogens is 408 g/mol. The molecule has 164 valence electrons. The third-order valence-electron chi connectivity index (χ3n) is 5.88. The zero-order chi connectivity index (χ0) is 22.8. The van der Waals surface area contributed by atoms with E-state index in [1.54, 1.807) is 38.5 Å². The zero-order valence-electron chi connectivity index (χ0n) is 17.9. The Morgan fingerprint density at radius 1 is 0.875 bits per heavy atom. The van der Waals surface area contributed by atoms with E-state index in [0.717, 1.165) is 5.56 Å². The number of ether oxygens (including phenoxy) is 2. The minimum atomic E-state index is -0.720. The van der Waals surface area contributed by atoms with E-state index in [-0.39, 0.29) is 34.8 Å². The van der Waals surface area contributed by atoms with Crippen LogP contribution in [-0.4, -0.2) is 36.0 Å². The van der Waals surface area contributed by atoms with E-state index in [1.807, 2.05) is 18.2 Å². The monoisotopic (exact) mass is 432 g/mol. The third kappa shape index (κ3) is 3.68. The lowest BCUT2D eigenvalue weighted by atomic mass is 9.74. The van der Waals surface area contributed by atoms with Crippen molar-refractivity contribution < 1.29 is 29.3 Å². The molecule has 4 rings (SSSR count). The number of Topliss-reactive ketones (excluding diaryl/α,β-unsaturated/α-hetero) is 1. The van der Waals surface area contributed by atoms with Crippen molar-refractivity contribution in [2.45, 2.75) is 25.2 Å². The van der Waals surface area contributed by atoms with Gasteiger partial charge in [-0.3, -0.25) is 9.59 Å². The van der Waals surface area contributed by atoms with E-state index in [0.29, 0.717) is 35.5 Å². The summed E-state index contributed by atoms with van der Waals surface area (Å²) in [6, 6.07) is 15.1. The second-order valence-electron chi connectivity index (χ2n) is 7.75. The van der Waals surface area contributed by atoms with Gasteiger partial charge in [-0.2, -0.15) is 0 Å². The minimum absolute atomic E-state index is 0.0725. The molecule has 6 heteroatoms.